The van der Waals surface area contributed by atoms with Crippen molar-refractivity contribution in [3.8, 4) is 11.5 Å². The van der Waals surface area contributed by atoms with Gasteiger partial charge in [-0.15, -0.1) is 0 Å². The summed E-state index contributed by atoms with van der Waals surface area (Å²) in [6.45, 7) is 0. The van der Waals surface area contributed by atoms with Crippen LogP contribution in [-0.4, -0.2) is 19.0 Å². The summed E-state index contributed by atoms with van der Waals surface area (Å²) >= 11 is 0. The molecule has 1 heterocycles. The molecule has 0 saturated heterocycles. The van der Waals surface area contributed by atoms with Crippen molar-refractivity contribution in [2.45, 2.75) is 12.5 Å². The predicted octanol–water partition coefficient (Wildman–Crippen LogP) is 2.88. The normalized spacial score (nSPS) is 16.9. The molecule has 0 aliphatic carbocycles. The van der Waals surface area contributed by atoms with Crippen LogP contribution in [0.25, 0.3) is 0 Å². The molecule has 3 rings (SSSR count). The number of methoxy groups -OCH3 is 1. The van der Waals surface area contributed by atoms with Crippen molar-refractivity contribution < 1.29 is 14.3 Å². The molecule has 0 bridgehead atoms. The van der Waals surface area contributed by atoms with Crippen LogP contribution in [0.1, 0.15) is 15.9 Å². The van der Waals surface area contributed by atoms with Crippen molar-refractivity contribution in [1.29, 1.82) is 0 Å². The van der Waals surface area contributed by atoms with Crippen molar-refractivity contribution in [1.82, 2.24) is 0 Å². The number of Topliss-reactive ketones (excluding diaryl/α,β-unsaturated/α-hetero) is 1. The second kappa shape index (κ2) is 4.76. The Hall–Kier alpha value is -2.29. The van der Waals surface area contributed by atoms with E-state index in [-0.39, 0.29) is 5.78 Å². The fourth-order valence-corrected chi connectivity index (χ4v) is 2.30. The number of ether oxygens (including phenoxy) is 2. The predicted molar refractivity (Wildman–Crippen MR) is 71.9 cm³/mol. The highest BCUT2D eigenvalue weighted by Gasteiger charge is 2.31. The van der Waals surface area contributed by atoms with E-state index >= 15 is 0 Å². The number of fused-ring (bicyclic) bond motifs is 1. The number of para-hydroxylation sites is 1. The molecule has 0 saturated carbocycles. The van der Waals surface area contributed by atoms with Crippen LogP contribution in [0.4, 0.5) is 0 Å². The Labute approximate surface area is 111 Å². The van der Waals surface area contributed by atoms with E-state index < -0.39 is 6.10 Å². The summed E-state index contributed by atoms with van der Waals surface area (Å²) < 4.78 is 10.9. The Bertz CT molecular complexity index is 619. The number of benzene rings is 2. The Kier molecular flexibility index (Phi) is 2.95. The second-order valence-corrected chi connectivity index (χ2v) is 4.52. The van der Waals surface area contributed by atoms with Crippen LogP contribution in [0, 0.1) is 0 Å². The number of carbonyl (C=O) groups excluding carboxylic acids is 1. The van der Waals surface area contributed by atoms with Crippen molar-refractivity contribution in [3.05, 3.63) is 59.7 Å². The largest absolute Gasteiger partial charge is 0.497 e. The molecule has 1 aliphatic heterocycles. The van der Waals surface area contributed by atoms with Gasteiger partial charge in [0.15, 0.2) is 6.10 Å². The number of hydrogen-bond donors (Lipinski definition) is 0. The minimum atomic E-state index is -0.426. The summed E-state index contributed by atoms with van der Waals surface area (Å²) in [5.41, 5.74) is 1.71. The molecule has 0 aromatic heterocycles. The quantitative estimate of drug-likeness (QED) is 0.844. The van der Waals surface area contributed by atoms with E-state index in [2.05, 4.69) is 0 Å². The molecule has 0 amide bonds. The topological polar surface area (TPSA) is 35.5 Å². The highest BCUT2D eigenvalue weighted by atomic mass is 16.5. The Balaban J connectivity index is 1.81. The molecule has 2 aromatic carbocycles. The van der Waals surface area contributed by atoms with Gasteiger partial charge < -0.3 is 9.47 Å². The van der Waals surface area contributed by atoms with Crippen LogP contribution in [0.15, 0.2) is 48.5 Å². The molecule has 0 N–H and O–H groups in total. The number of rotatable bonds is 3. The van der Waals surface area contributed by atoms with Crippen LogP contribution in [0.3, 0.4) is 0 Å². The molecule has 19 heavy (non-hydrogen) atoms. The standard InChI is InChI=1S/C16H14O3/c1-18-12-6-4-5-11(9-12)10-15-16(17)13-7-2-3-8-14(13)19-15/h2-9,15H,10H2,1H3. The van der Waals surface area contributed by atoms with Crippen molar-refractivity contribution in [2.24, 2.45) is 0 Å². The number of carbonyl (C=O) groups is 1. The monoisotopic (exact) mass is 254 g/mol. The van der Waals surface area contributed by atoms with Crippen LogP contribution in [0.2, 0.25) is 0 Å². The summed E-state index contributed by atoms with van der Waals surface area (Å²) in [5.74, 6) is 1.53. The highest BCUT2D eigenvalue weighted by Crippen LogP contribution is 2.30. The van der Waals surface area contributed by atoms with Gasteiger partial charge in [0.25, 0.3) is 0 Å². The van der Waals surface area contributed by atoms with Gasteiger partial charge in [-0.25, -0.2) is 0 Å². The van der Waals surface area contributed by atoms with Gasteiger partial charge in [-0.05, 0) is 29.8 Å². The molecule has 0 fully saturated rings. The first-order valence-corrected chi connectivity index (χ1v) is 6.21. The lowest BCUT2D eigenvalue weighted by Crippen LogP contribution is -2.23. The second-order valence-electron chi connectivity index (χ2n) is 4.52. The number of hydrogen-bond acceptors (Lipinski definition) is 3. The van der Waals surface area contributed by atoms with Gasteiger partial charge in [-0.2, -0.15) is 0 Å². The Morgan fingerprint density at radius 3 is 2.79 bits per heavy atom. The lowest BCUT2D eigenvalue weighted by molar-refractivity contribution is 0.0857. The molecule has 2 aromatic rings. The zero-order valence-electron chi connectivity index (χ0n) is 10.6. The smallest absolute Gasteiger partial charge is 0.207 e. The van der Waals surface area contributed by atoms with Gasteiger partial charge >= 0.3 is 0 Å². The van der Waals surface area contributed by atoms with Crippen LogP contribution >= 0.6 is 0 Å². The maximum atomic E-state index is 12.2. The van der Waals surface area contributed by atoms with Crippen molar-refractivity contribution >= 4 is 5.78 Å². The van der Waals surface area contributed by atoms with E-state index in [0.717, 1.165) is 11.3 Å². The van der Waals surface area contributed by atoms with E-state index in [1.165, 1.54) is 0 Å². The Morgan fingerprint density at radius 1 is 1.16 bits per heavy atom. The van der Waals surface area contributed by atoms with Gasteiger partial charge in [0, 0.05) is 6.42 Å². The van der Waals surface area contributed by atoms with E-state index in [1.807, 2.05) is 48.5 Å². The summed E-state index contributed by atoms with van der Waals surface area (Å²) in [6.07, 6.45) is 0.134. The SMILES string of the molecule is COc1cccc(CC2Oc3ccccc3C2=O)c1. The van der Waals surface area contributed by atoms with E-state index in [0.29, 0.717) is 17.7 Å². The zero-order chi connectivity index (χ0) is 13.2. The third-order valence-corrected chi connectivity index (χ3v) is 3.27. The fourth-order valence-electron chi connectivity index (χ4n) is 2.30. The first-order chi connectivity index (χ1) is 9.28. The third-order valence-electron chi connectivity index (χ3n) is 3.27. The van der Waals surface area contributed by atoms with Gasteiger partial charge in [0.05, 0.1) is 12.7 Å². The number of ketones is 1. The summed E-state index contributed by atoms with van der Waals surface area (Å²) in [4.78, 5) is 12.2. The van der Waals surface area contributed by atoms with Crippen LogP contribution in [0.5, 0.6) is 11.5 Å². The van der Waals surface area contributed by atoms with E-state index in [4.69, 9.17) is 9.47 Å². The van der Waals surface area contributed by atoms with Crippen molar-refractivity contribution in [3.63, 3.8) is 0 Å². The minimum absolute atomic E-state index is 0.0541. The summed E-state index contributed by atoms with van der Waals surface area (Å²) in [7, 11) is 1.63. The molecular formula is C16H14O3. The summed E-state index contributed by atoms with van der Waals surface area (Å²) in [6, 6.07) is 15.1. The lowest BCUT2D eigenvalue weighted by Gasteiger charge is -2.10. The Morgan fingerprint density at radius 2 is 2.00 bits per heavy atom. The van der Waals surface area contributed by atoms with Gasteiger partial charge in [-0.1, -0.05) is 24.3 Å². The average Bonchev–Trinajstić information content (AvgIpc) is 2.76. The molecule has 0 radical (unpaired) electrons. The van der Waals surface area contributed by atoms with Crippen LogP contribution in [-0.2, 0) is 6.42 Å². The fraction of sp³-hybridized carbons (Fsp3) is 0.188. The van der Waals surface area contributed by atoms with Crippen LogP contribution < -0.4 is 9.47 Å². The molecule has 1 atom stereocenters. The molecule has 3 heteroatoms. The minimum Gasteiger partial charge on any atom is -0.497 e. The van der Waals surface area contributed by atoms with E-state index in [1.54, 1.807) is 7.11 Å². The van der Waals surface area contributed by atoms with Crippen molar-refractivity contribution in [2.75, 3.05) is 7.11 Å². The first-order valence-electron chi connectivity index (χ1n) is 6.21. The highest BCUT2D eigenvalue weighted by molar-refractivity contribution is 6.04. The molecule has 96 valence electrons. The zero-order valence-corrected chi connectivity index (χ0v) is 10.6. The van der Waals surface area contributed by atoms with Gasteiger partial charge in [-0.3, -0.25) is 4.79 Å². The molecule has 1 unspecified atom stereocenters. The third kappa shape index (κ3) is 2.19. The molecule has 0 spiro atoms. The maximum absolute atomic E-state index is 12.2. The molecule has 3 nitrogen and oxygen atoms in total. The average molecular weight is 254 g/mol. The van der Waals surface area contributed by atoms with Gasteiger partial charge in [0.2, 0.25) is 5.78 Å². The van der Waals surface area contributed by atoms with E-state index in [9.17, 15) is 4.79 Å². The molecular weight excluding hydrogens is 240 g/mol. The molecule has 1 aliphatic rings. The first kappa shape index (κ1) is 11.8. The maximum Gasteiger partial charge on any atom is 0.207 e. The van der Waals surface area contributed by atoms with Gasteiger partial charge in [0.1, 0.15) is 11.5 Å². The summed E-state index contributed by atoms with van der Waals surface area (Å²) in [5, 5.41) is 0. The lowest BCUT2D eigenvalue weighted by atomic mass is 10.0.